The van der Waals surface area contributed by atoms with Gasteiger partial charge < -0.3 is 5.32 Å². The van der Waals surface area contributed by atoms with Crippen LogP contribution in [0.3, 0.4) is 0 Å². The SMILES string of the molecule is CCc1cc(N[C@@H](C)c2n[nH]c(=O)[nH]2)n2nc(C)c(C)c2n1. The number of hydrogen-bond donors (Lipinski definition) is 3. The summed E-state index contributed by atoms with van der Waals surface area (Å²) in [5.41, 5.74) is 3.54. The molecule has 8 heteroatoms. The van der Waals surface area contributed by atoms with Crippen LogP contribution in [0.4, 0.5) is 5.82 Å². The third-order valence-electron chi connectivity index (χ3n) is 3.77. The Hall–Kier alpha value is -2.64. The average Bonchev–Trinajstić information content (AvgIpc) is 3.05. The van der Waals surface area contributed by atoms with E-state index in [-0.39, 0.29) is 11.7 Å². The van der Waals surface area contributed by atoms with Crippen LogP contribution in [0.15, 0.2) is 10.9 Å². The van der Waals surface area contributed by atoms with Crippen molar-refractivity contribution in [2.75, 3.05) is 5.32 Å². The van der Waals surface area contributed by atoms with Gasteiger partial charge >= 0.3 is 5.69 Å². The molecule has 3 aromatic rings. The molecule has 0 aliphatic rings. The van der Waals surface area contributed by atoms with Crippen molar-refractivity contribution in [2.45, 2.75) is 40.2 Å². The summed E-state index contributed by atoms with van der Waals surface area (Å²) in [4.78, 5) is 18.5. The lowest BCUT2D eigenvalue weighted by Gasteiger charge is -2.14. The van der Waals surface area contributed by atoms with E-state index in [9.17, 15) is 4.79 Å². The molecule has 22 heavy (non-hydrogen) atoms. The molecule has 0 aliphatic carbocycles. The van der Waals surface area contributed by atoms with Gasteiger partial charge in [0.2, 0.25) is 0 Å². The Bertz CT molecular complexity index is 873. The average molecular weight is 301 g/mol. The Labute approximate surface area is 127 Å². The molecule has 0 unspecified atom stereocenters. The number of aryl methyl sites for hydroxylation is 3. The standard InChI is InChI=1S/C14H19N7O/c1-5-10-6-11(15-9(4)12-17-14(22)19-18-12)21-13(16-10)7(2)8(3)20-21/h6,9,15H,5H2,1-4H3,(H2,17,18,19,22)/t9-/m0/s1. The van der Waals surface area contributed by atoms with Crippen molar-refractivity contribution in [3.8, 4) is 0 Å². The first-order chi connectivity index (χ1) is 10.5. The first kappa shape index (κ1) is 14.3. The van der Waals surface area contributed by atoms with Gasteiger partial charge in [0.25, 0.3) is 0 Å². The second kappa shape index (κ2) is 5.28. The van der Waals surface area contributed by atoms with E-state index in [1.165, 1.54) is 0 Å². The molecule has 3 aromatic heterocycles. The van der Waals surface area contributed by atoms with Crippen molar-refractivity contribution in [3.05, 3.63) is 39.3 Å². The highest BCUT2D eigenvalue weighted by molar-refractivity contribution is 5.56. The fourth-order valence-corrected chi connectivity index (χ4v) is 2.34. The maximum absolute atomic E-state index is 11.2. The van der Waals surface area contributed by atoms with Crippen LogP contribution in [0.25, 0.3) is 5.65 Å². The zero-order valence-corrected chi connectivity index (χ0v) is 13.1. The summed E-state index contributed by atoms with van der Waals surface area (Å²) in [6, 6.07) is 1.80. The number of fused-ring (bicyclic) bond motifs is 1. The summed E-state index contributed by atoms with van der Waals surface area (Å²) in [7, 11) is 0. The fraction of sp³-hybridized carbons (Fsp3) is 0.429. The second-order valence-corrected chi connectivity index (χ2v) is 5.36. The molecule has 3 N–H and O–H groups in total. The largest absolute Gasteiger partial charge is 0.360 e. The number of nitrogens with one attached hydrogen (secondary N) is 3. The predicted octanol–water partition coefficient (Wildman–Crippen LogP) is 1.49. The van der Waals surface area contributed by atoms with Crippen LogP contribution >= 0.6 is 0 Å². The minimum absolute atomic E-state index is 0.168. The van der Waals surface area contributed by atoms with Crippen molar-refractivity contribution in [2.24, 2.45) is 0 Å². The second-order valence-electron chi connectivity index (χ2n) is 5.36. The van der Waals surface area contributed by atoms with Gasteiger partial charge in [-0.3, -0.25) is 4.98 Å². The summed E-state index contributed by atoms with van der Waals surface area (Å²) < 4.78 is 1.80. The van der Waals surface area contributed by atoms with Crippen molar-refractivity contribution in [1.29, 1.82) is 0 Å². The third-order valence-corrected chi connectivity index (χ3v) is 3.77. The lowest BCUT2D eigenvalue weighted by atomic mass is 10.2. The highest BCUT2D eigenvalue weighted by atomic mass is 16.1. The minimum atomic E-state index is -0.316. The summed E-state index contributed by atoms with van der Waals surface area (Å²) in [6.07, 6.45) is 0.836. The molecule has 0 fully saturated rings. The minimum Gasteiger partial charge on any atom is -0.360 e. The normalized spacial score (nSPS) is 12.7. The van der Waals surface area contributed by atoms with Gasteiger partial charge in [-0.15, -0.1) is 0 Å². The van der Waals surface area contributed by atoms with Crippen LogP contribution in [-0.4, -0.2) is 29.8 Å². The Morgan fingerprint density at radius 1 is 1.41 bits per heavy atom. The number of hydrogen-bond acceptors (Lipinski definition) is 5. The molecule has 0 aromatic carbocycles. The molecule has 0 amide bonds. The molecule has 8 nitrogen and oxygen atoms in total. The topological polar surface area (TPSA) is 104 Å². The van der Waals surface area contributed by atoms with Crippen molar-refractivity contribution in [3.63, 3.8) is 0 Å². The quantitative estimate of drug-likeness (QED) is 0.677. The van der Waals surface area contributed by atoms with Gasteiger partial charge in [0.05, 0.1) is 11.7 Å². The van der Waals surface area contributed by atoms with Crippen LogP contribution in [0, 0.1) is 13.8 Å². The van der Waals surface area contributed by atoms with E-state index in [4.69, 9.17) is 0 Å². The number of aromatic nitrogens is 6. The molecule has 0 saturated heterocycles. The number of rotatable bonds is 4. The van der Waals surface area contributed by atoms with E-state index in [1.54, 1.807) is 4.52 Å². The molecule has 0 radical (unpaired) electrons. The maximum atomic E-state index is 11.2. The molecule has 0 aliphatic heterocycles. The molecule has 116 valence electrons. The highest BCUT2D eigenvalue weighted by Crippen LogP contribution is 2.21. The summed E-state index contributed by atoms with van der Waals surface area (Å²) in [5, 5.41) is 14.2. The smallest absolute Gasteiger partial charge is 0.340 e. The molecular weight excluding hydrogens is 282 g/mol. The van der Waals surface area contributed by atoms with E-state index in [1.807, 2.05) is 26.8 Å². The molecule has 0 bridgehead atoms. The van der Waals surface area contributed by atoms with Crippen molar-refractivity contribution in [1.82, 2.24) is 29.8 Å². The van der Waals surface area contributed by atoms with E-state index >= 15 is 0 Å². The lowest BCUT2D eigenvalue weighted by molar-refractivity contribution is 0.772. The zero-order chi connectivity index (χ0) is 15.9. The molecule has 1 atom stereocenters. The lowest BCUT2D eigenvalue weighted by Crippen LogP contribution is -2.14. The third kappa shape index (κ3) is 2.36. The van der Waals surface area contributed by atoms with Crippen LogP contribution in [-0.2, 0) is 6.42 Å². The first-order valence-corrected chi connectivity index (χ1v) is 7.26. The van der Waals surface area contributed by atoms with E-state index < -0.39 is 0 Å². The van der Waals surface area contributed by atoms with Gasteiger partial charge in [-0.1, -0.05) is 6.92 Å². The Morgan fingerprint density at radius 3 is 2.82 bits per heavy atom. The molecule has 3 rings (SSSR count). The highest BCUT2D eigenvalue weighted by Gasteiger charge is 2.15. The molecule has 3 heterocycles. The Morgan fingerprint density at radius 2 is 2.18 bits per heavy atom. The van der Waals surface area contributed by atoms with Gasteiger partial charge in [0, 0.05) is 17.3 Å². The fourth-order valence-electron chi connectivity index (χ4n) is 2.34. The monoisotopic (exact) mass is 301 g/mol. The van der Waals surface area contributed by atoms with Crippen LogP contribution in [0.5, 0.6) is 0 Å². The van der Waals surface area contributed by atoms with Gasteiger partial charge in [-0.05, 0) is 27.2 Å². The summed E-state index contributed by atoms with van der Waals surface area (Å²) in [5.74, 6) is 1.38. The van der Waals surface area contributed by atoms with Crippen molar-refractivity contribution < 1.29 is 0 Å². The van der Waals surface area contributed by atoms with Crippen LogP contribution < -0.4 is 11.0 Å². The first-order valence-electron chi connectivity index (χ1n) is 7.26. The Balaban J connectivity index is 2.05. The van der Waals surface area contributed by atoms with Crippen molar-refractivity contribution >= 4 is 11.5 Å². The number of aromatic amines is 2. The predicted molar refractivity (Wildman–Crippen MR) is 83.1 cm³/mol. The summed E-state index contributed by atoms with van der Waals surface area (Å²) >= 11 is 0. The number of nitrogens with zero attached hydrogens (tertiary/aromatic N) is 4. The van der Waals surface area contributed by atoms with E-state index in [2.05, 4.69) is 37.5 Å². The van der Waals surface area contributed by atoms with Crippen LogP contribution in [0.1, 0.15) is 42.7 Å². The van der Waals surface area contributed by atoms with Gasteiger partial charge in [-0.2, -0.15) is 14.7 Å². The molecule has 0 saturated carbocycles. The Kier molecular flexibility index (Phi) is 3.44. The maximum Gasteiger partial charge on any atom is 0.340 e. The number of H-pyrrole nitrogens is 2. The van der Waals surface area contributed by atoms with Crippen LogP contribution in [0.2, 0.25) is 0 Å². The van der Waals surface area contributed by atoms with Gasteiger partial charge in [0.15, 0.2) is 11.5 Å². The molecule has 0 spiro atoms. The van der Waals surface area contributed by atoms with E-state index in [0.717, 1.165) is 34.8 Å². The number of anilines is 1. The zero-order valence-electron chi connectivity index (χ0n) is 13.1. The van der Waals surface area contributed by atoms with Gasteiger partial charge in [0.1, 0.15) is 5.82 Å². The van der Waals surface area contributed by atoms with E-state index in [0.29, 0.717) is 5.82 Å². The molecular formula is C14H19N7O. The summed E-state index contributed by atoms with van der Waals surface area (Å²) in [6.45, 7) is 7.97. The van der Waals surface area contributed by atoms with Gasteiger partial charge in [-0.25, -0.2) is 14.9 Å².